The van der Waals surface area contributed by atoms with Crippen molar-refractivity contribution < 1.29 is 4.79 Å². The molecular weight excluding hydrogens is 355 g/mol. The first-order valence-electron chi connectivity index (χ1n) is 6.71. The molecule has 23 heavy (non-hydrogen) atoms. The van der Waals surface area contributed by atoms with Crippen LogP contribution in [-0.4, -0.2) is 26.0 Å². The highest BCUT2D eigenvalue weighted by Crippen LogP contribution is 2.28. The average molecular weight is 367 g/mol. The molecule has 0 saturated heterocycles. The van der Waals surface area contributed by atoms with Crippen molar-refractivity contribution in [2.24, 2.45) is 0 Å². The van der Waals surface area contributed by atoms with Gasteiger partial charge in [-0.1, -0.05) is 41.0 Å². The molecule has 0 spiro atoms. The molecule has 3 heterocycles. The van der Waals surface area contributed by atoms with Crippen LogP contribution in [-0.2, 0) is 4.79 Å². The van der Waals surface area contributed by atoms with Crippen molar-refractivity contribution in [3.05, 3.63) is 52.4 Å². The number of nitrogens with zero attached hydrogens (tertiary/aromatic N) is 3. The predicted molar refractivity (Wildman–Crippen MR) is 93.5 cm³/mol. The van der Waals surface area contributed by atoms with E-state index in [1.807, 2.05) is 28.8 Å². The van der Waals surface area contributed by atoms with E-state index in [1.165, 1.54) is 18.0 Å². The summed E-state index contributed by atoms with van der Waals surface area (Å²) in [6.07, 6.45) is 5.14. The van der Waals surface area contributed by atoms with Gasteiger partial charge in [0.05, 0.1) is 27.5 Å². The van der Waals surface area contributed by atoms with Gasteiger partial charge < -0.3 is 5.32 Å². The normalized spacial score (nSPS) is 10.9. The largest absolute Gasteiger partial charge is 0.309 e. The van der Waals surface area contributed by atoms with Crippen LogP contribution in [0, 0.1) is 6.92 Å². The third kappa shape index (κ3) is 3.44. The van der Waals surface area contributed by atoms with Gasteiger partial charge in [-0.3, -0.25) is 9.20 Å². The monoisotopic (exact) mass is 366 g/mol. The quantitative estimate of drug-likeness (QED) is 0.706. The highest BCUT2D eigenvalue weighted by molar-refractivity contribution is 7.99. The molecule has 5 nitrogen and oxygen atoms in total. The van der Waals surface area contributed by atoms with Crippen molar-refractivity contribution >= 4 is 52.2 Å². The zero-order valence-corrected chi connectivity index (χ0v) is 14.4. The van der Waals surface area contributed by atoms with Crippen molar-refractivity contribution in [2.75, 3.05) is 11.1 Å². The Morgan fingerprint density at radius 2 is 2.13 bits per heavy atom. The molecule has 0 radical (unpaired) electrons. The molecule has 0 atom stereocenters. The second kappa shape index (κ2) is 6.78. The lowest BCUT2D eigenvalue weighted by Gasteiger charge is -2.08. The number of carbonyl (C=O) groups excluding carboxylic acids is 1. The first-order valence-corrected chi connectivity index (χ1v) is 8.46. The smallest absolute Gasteiger partial charge is 0.236 e. The van der Waals surface area contributed by atoms with Gasteiger partial charge in [0.1, 0.15) is 0 Å². The highest BCUT2D eigenvalue weighted by Gasteiger charge is 2.13. The number of rotatable bonds is 4. The number of pyridine rings is 2. The van der Waals surface area contributed by atoms with Crippen molar-refractivity contribution in [3.8, 4) is 0 Å². The minimum atomic E-state index is -0.209. The Morgan fingerprint density at radius 1 is 1.30 bits per heavy atom. The van der Waals surface area contributed by atoms with E-state index in [2.05, 4.69) is 15.3 Å². The van der Waals surface area contributed by atoms with Crippen LogP contribution < -0.4 is 5.32 Å². The van der Waals surface area contributed by atoms with Crippen molar-refractivity contribution in [1.29, 1.82) is 0 Å². The Morgan fingerprint density at radius 3 is 2.96 bits per heavy atom. The van der Waals surface area contributed by atoms with E-state index in [0.29, 0.717) is 21.4 Å². The number of hydrogen-bond acceptors (Lipinski definition) is 4. The summed E-state index contributed by atoms with van der Waals surface area (Å²) >= 11 is 13.4. The van der Waals surface area contributed by atoms with Crippen LogP contribution >= 0.6 is 35.0 Å². The van der Waals surface area contributed by atoms with Crippen LogP contribution in [0.1, 0.15) is 5.56 Å². The van der Waals surface area contributed by atoms with E-state index in [0.717, 1.165) is 10.7 Å². The van der Waals surface area contributed by atoms with Gasteiger partial charge >= 0.3 is 0 Å². The van der Waals surface area contributed by atoms with E-state index in [1.54, 1.807) is 13.1 Å². The number of thioether (sulfide) groups is 1. The van der Waals surface area contributed by atoms with Gasteiger partial charge in [-0.25, -0.2) is 9.97 Å². The molecule has 0 unspecified atom stereocenters. The van der Waals surface area contributed by atoms with Gasteiger partial charge in [-0.05, 0) is 24.6 Å². The van der Waals surface area contributed by atoms with Crippen LogP contribution in [0.2, 0.25) is 10.0 Å². The number of imidazole rings is 1. The highest BCUT2D eigenvalue weighted by atomic mass is 35.5. The molecule has 0 aliphatic heterocycles. The Kier molecular flexibility index (Phi) is 4.75. The SMILES string of the molecule is Cc1c(Cl)cnc(NC(=O)CSc2ncc3ccccn23)c1Cl. The predicted octanol–water partition coefficient (Wildman–Crippen LogP) is 4.08. The molecular formula is C15H12Cl2N4OS. The van der Waals surface area contributed by atoms with E-state index >= 15 is 0 Å². The molecule has 8 heteroatoms. The molecule has 1 amide bonds. The number of halogens is 2. The molecule has 0 aliphatic rings. The Balaban J connectivity index is 1.67. The lowest BCUT2D eigenvalue weighted by Crippen LogP contribution is -2.16. The van der Waals surface area contributed by atoms with Gasteiger partial charge in [0.2, 0.25) is 5.91 Å². The molecule has 1 N–H and O–H groups in total. The number of anilines is 1. The minimum absolute atomic E-state index is 0.202. The number of aromatic nitrogens is 3. The molecule has 0 aromatic carbocycles. The average Bonchev–Trinajstić information content (AvgIpc) is 2.97. The van der Waals surface area contributed by atoms with Gasteiger partial charge in [-0.15, -0.1) is 0 Å². The lowest BCUT2D eigenvalue weighted by atomic mass is 10.3. The molecule has 0 saturated carbocycles. The fraction of sp³-hybridized carbons (Fsp3) is 0.133. The van der Waals surface area contributed by atoms with Crippen molar-refractivity contribution in [3.63, 3.8) is 0 Å². The summed E-state index contributed by atoms with van der Waals surface area (Å²) in [4.78, 5) is 20.4. The van der Waals surface area contributed by atoms with Crippen LogP contribution in [0.3, 0.4) is 0 Å². The maximum Gasteiger partial charge on any atom is 0.236 e. The second-order valence-electron chi connectivity index (χ2n) is 4.77. The third-order valence-electron chi connectivity index (χ3n) is 3.20. The molecule has 0 bridgehead atoms. The van der Waals surface area contributed by atoms with E-state index in [-0.39, 0.29) is 11.7 Å². The summed E-state index contributed by atoms with van der Waals surface area (Å²) in [5.74, 6) is 0.305. The maximum absolute atomic E-state index is 12.1. The maximum atomic E-state index is 12.1. The summed E-state index contributed by atoms with van der Waals surface area (Å²) in [7, 11) is 0. The lowest BCUT2D eigenvalue weighted by molar-refractivity contribution is -0.113. The van der Waals surface area contributed by atoms with E-state index in [9.17, 15) is 4.79 Å². The molecule has 0 aliphatic carbocycles. The summed E-state index contributed by atoms with van der Waals surface area (Å²) in [6.45, 7) is 1.77. The summed E-state index contributed by atoms with van der Waals surface area (Å²) in [5, 5.41) is 4.26. The van der Waals surface area contributed by atoms with Gasteiger partial charge in [0, 0.05) is 12.4 Å². The number of carbonyl (C=O) groups is 1. The number of amides is 1. The first kappa shape index (κ1) is 16.1. The molecule has 3 rings (SSSR count). The molecule has 0 fully saturated rings. The van der Waals surface area contributed by atoms with Gasteiger partial charge in [-0.2, -0.15) is 0 Å². The van der Waals surface area contributed by atoms with Crippen molar-refractivity contribution in [2.45, 2.75) is 12.1 Å². The Labute approximate surface area is 147 Å². The fourth-order valence-corrected chi connectivity index (χ4v) is 3.12. The molecule has 3 aromatic heterocycles. The Bertz CT molecular complexity index is 881. The van der Waals surface area contributed by atoms with Crippen LogP contribution in [0.25, 0.3) is 5.52 Å². The van der Waals surface area contributed by atoms with Crippen LogP contribution in [0.4, 0.5) is 5.82 Å². The van der Waals surface area contributed by atoms with E-state index < -0.39 is 0 Å². The van der Waals surface area contributed by atoms with Crippen LogP contribution in [0.5, 0.6) is 0 Å². The zero-order chi connectivity index (χ0) is 16.4. The van der Waals surface area contributed by atoms with Crippen molar-refractivity contribution in [1.82, 2.24) is 14.4 Å². The standard InChI is InChI=1S/C15H12Cl2N4OS/c1-9-11(16)7-18-14(13(9)17)20-12(22)8-23-15-19-6-10-4-2-3-5-21(10)15/h2-7H,8H2,1H3,(H,18,20,22). The van der Waals surface area contributed by atoms with Gasteiger partial charge in [0.25, 0.3) is 0 Å². The number of hydrogen-bond donors (Lipinski definition) is 1. The molecule has 118 valence electrons. The zero-order valence-electron chi connectivity index (χ0n) is 12.1. The topological polar surface area (TPSA) is 59.3 Å². The molecule has 3 aromatic rings. The first-order chi connectivity index (χ1) is 11.1. The number of fused-ring (bicyclic) bond motifs is 1. The minimum Gasteiger partial charge on any atom is -0.309 e. The summed E-state index contributed by atoms with van der Waals surface area (Å²) < 4.78 is 1.93. The number of nitrogens with one attached hydrogen (secondary N) is 1. The Hall–Kier alpha value is -1.76. The fourth-order valence-electron chi connectivity index (χ4n) is 1.97. The second-order valence-corrected chi connectivity index (χ2v) is 6.49. The van der Waals surface area contributed by atoms with Crippen LogP contribution in [0.15, 0.2) is 41.9 Å². The van der Waals surface area contributed by atoms with E-state index in [4.69, 9.17) is 23.2 Å². The van der Waals surface area contributed by atoms with Gasteiger partial charge in [0.15, 0.2) is 11.0 Å². The third-order valence-corrected chi connectivity index (χ3v) is 5.01. The summed E-state index contributed by atoms with van der Waals surface area (Å²) in [6, 6.07) is 5.81. The summed E-state index contributed by atoms with van der Waals surface area (Å²) in [5.41, 5.74) is 1.67.